The number of halogens is 3. The molecule has 12 heteroatoms. The number of aliphatic hydroxyl groups is 1. The molecule has 0 amide bonds. The highest BCUT2D eigenvalue weighted by atomic mass is 32.2. The lowest BCUT2D eigenvalue weighted by atomic mass is 10.2. The van der Waals surface area contributed by atoms with Crippen LogP contribution in [0, 0.1) is 0 Å². The van der Waals surface area contributed by atoms with E-state index in [4.69, 9.17) is 0 Å². The Morgan fingerprint density at radius 2 is 1.93 bits per heavy atom. The van der Waals surface area contributed by atoms with Crippen molar-refractivity contribution in [2.45, 2.75) is 11.3 Å². The van der Waals surface area contributed by atoms with Crippen LogP contribution in [0.1, 0.15) is 11.1 Å². The molecule has 8 nitrogen and oxygen atoms in total. The van der Waals surface area contributed by atoms with Gasteiger partial charge < -0.3 is 14.9 Å². The zero-order valence-electron chi connectivity index (χ0n) is 14.5. The van der Waals surface area contributed by atoms with Gasteiger partial charge in [0, 0.05) is 5.56 Å². The molecule has 0 fully saturated rings. The summed E-state index contributed by atoms with van der Waals surface area (Å²) in [5, 5.41) is 23.9. The van der Waals surface area contributed by atoms with E-state index in [1.807, 2.05) is 0 Å². The first-order valence-corrected chi connectivity index (χ1v) is 9.50. The molecule has 0 atom stereocenters. The summed E-state index contributed by atoms with van der Waals surface area (Å²) in [6.07, 6.45) is -3.87. The molecule has 0 aromatic heterocycles. The number of benzene rings is 2. The van der Waals surface area contributed by atoms with Gasteiger partial charge in [-0.05, 0) is 35.9 Å². The average Bonchev–Trinajstić information content (AvgIpc) is 2.91. The van der Waals surface area contributed by atoms with Gasteiger partial charge in [-0.2, -0.15) is 13.5 Å². The molecule has 0 unspecified atom stereocenters. The smallest absolute Gasteiger partial charge is 0.504 e. The standard InChI is InChI=1S/C17H14F3N3O5S/c18-17(19,20)28-14-9-11(5-6-13(14)25)10-21-23(7-8-24)16-12-3-1-2-4-15(12)29(26,27)22-16/h1-6,9-10,24-25H,7-8H2/b21-10+. The maximum absolute atomic E-state index is 12.4. The van der Waals surface area contributed by atoms with E-state index in [0.717, 1.165) is 23.4 Å². The number of aromatic hydroxyl groups is 1. The Kier molecular flexibility index (Phi) is 5.48. The quantitative estimate of drug-likeness (QED) is 0.556. The summed E-state index contributed by atoms with van der Waals surface area (Å²) in [7, 11) is -3.92. The Balaban J connectivity index is 1.93. The fraction of sp³-hybridized carbons (Fsp3) is 0.176. The number of fused-ring (bicyclic) bond motifs is 1. The van der Waals surface area contributed by atoms with Crippen LogP contribution in [-0.4, -0.2) is 55.2 Å². The van der Waals surface area contributed by atoms with Crippen molar-refractivity contribution in [1.82, 2.24) is 5.01 Å². The van der Waals surface area contributed by atoms with Gasteiger partial charge in [-0.15, -0.1) is 17.6 Å². The first-order valence-electron chi connectivity index (χ1n) is 8.06. The fourth-order valence-electron chi connectivity index (χ4n) is 2.54. The van der Waals surface area contributed by atoms with Crippen molar-refractivity contribution in [3.8, 4) is 11.5 Å². The van der Waals surface area contributed by atoms with Crippen LogP contribution in [0.15, 0.2) is 56.9 Å². The Morgan fingerprint density at radius 3 is 2.62 bits per heavy atom. The molecule has 3 rings (SSSR count). The van der Waals surface area contributed by atoms with E-state index in [-0.39, 0.29) is 28.4 Å². The van der Waals surface area contributed by atoms with Crippen LogP contribution in [0.5, 0.6) is 11.5 Å². The Labute approximate surface area is 163 Å². The third kappa shape index (κ3) is 4.66. The topological polar surface area (TPSA) is 112 Å². The molecule has 0 radical (unpaired) electrons. The van der Waals surface area contributed by atoms with Gasteiger partial charge in [0.25, 0.3) is 10.0 Å². The van der Waals surface area contributed by atoms with Crippen LogP contribution < -0.4 is 4.74 Å². The van der Waals surface area contributed by atoms with Crippen LogP contribution in [0.2, 0.25) is 0 Å². The highest BCUT2D eigenvalue weighted by Crippen LogP contribution is 2.32. The number of hydrogen-bond acceptors (Lipinski definition) is 7. The molecule has 2 aromatic carbocycles. The van der Waals surface area contributed by atoms with Crippen molar-refractivity contribution in [1.29, 1.82) is 0 Å². The van der Waals surface area contributed by atoms with Gasteiger partial charge >= 0.3 is 6.36 Å². The van der Waals surface area contributed by atoms with E-state index in [0.29, 0.717) is 0 Å². The van der Waals surface area contributed by atoms with Gasteiger partial charge in [0.1, 0.15) is 4.90 Å². The summed E-state index contributed by atoms with van der Waals surface area (Å²) in [5.41, 5.74) is 0.407. The summed E-state index contributed by atoms with van der Waals surface area (Å²) < 4.78 is 69.0. The number of hydrogen-bond donors (Lipinski definition) is 2. The maximum Gasteiger partial charge on any atom is 0.573 e. The van der Waals surface area contributed by atoms with E-state index in [1.54, 1.807) is 6.07 Å². The summed E-state index contributed by atoms with van der Waals surface area (Å²) in [4.78, 5) is -0.0152. The Bertz CT molecular complexity index is 1080. The maximum atomic E-state index is 12.4. The molecule has 0 bridgehead atoms. The minimum absolute atomic E-state index is 0.0152. The molecule has 154 valence electrons. The second-order valence-electron chi connectivity index (χ2n) is 5.75. The van der Waals surface area contributed by atoms with Crippen molar-refractivity contribution in [3.05, 3.63) is 53.6 Å². The zero-order valence-corrected chi connectivity index (χ0v) is 15.4. The number of phenols is 1. The van der Waals surface area contributed by atoms with Crippen LogP contribution in [0.25, 0.3) is 0 Å². The minimum atomic E-state index is -4.99. The monoisotopic (exact) mass is 429 g/mol. The highest BCUT2D eigenvalue weighted by Gasteiger charge is 2.33. The third-order valence-electron chi connectivity index (χ3n) is 3.72. The number of alkyl halides is 3. The van der Waals surface area contributed by atoms with E-state index in [1.165, 1.54) is 24.3 Å². The van der Waals surface area contributed by atoms with Crippen molar-refractivity contribution < 1.29 is 36.5 Å². The summed E-state index contributed by atoms with van der Waals surface area (Å²) in [5.74, 6) is -1.57. The van der Waals surface area contributed by atoms with E-state index in [2.05, 4.69) is 14.2 Å². The molecule has 0 aliphatic carbocycles. The van der Waals surface area contributed by atoms with Crippen LogP contribution in [0.4, 0.5) is 13.2 Å². The molecule has 0 spiro atoms. The average molecular weight is 429 g/mol. The van der Waals surface area contributed by atoms with Gasteiger partial charge in [-0.25, -0.2) is 5.01 Å². The number of rotatable bonds is 5. The molecule has 2 N–H and O–H groups in total. The highest BCUT2D eigenvalue weighted by molar-refractivity contribution is 7.90. The zero-order chi connectivity index (χ0) is 21.2. The predicted molar refractivity (Wildman–Crippen MR) is 96.3 cm³/mol. The summed E-state index contributed by atoms with van der Waals surface area (Å²) in [6.45, 7) is -0.514. The van der Waals surface area contributed by atoms with Gasteiger partial charge in [0.05, 0.1) is 19.4 Å². The number of sulfonamides is 1. The number of nitrogens with zero attached hydrogens (tertiary/aromatic N) is 3. The lowest BCUT2D eigenvalue weighted by molar-refractivity contribution is -0.275. The van der Waals surface area contributed by atoms with Crippen molar-refractivity contribution >= 4 is 22.1 Å². The molecule has 29 heavy (non-hydrogen) atoms. The van der Waals surface area contributed by atoms with Gasteiger partial charge in [-0.3, -0.25) is 0 Å². The molecular formula is C17H14F3N3O5S. The van der Waals surface area contributed by atoms with Crippen molar-refractivity contribution in [3.63, 3.8) is 0 Å². The Morgan fingerprint density at radius 1 is 1.21 bits per heavy atom. The summed E-state index contributed by atoms with van der Waals surface area (Å²) >= 11 is 0. The molecule has 1 aliphatic rings. The van der Waals surface area contributed by atoms with Crippen molar-refractivity contribution in [2.24, 2.45) is 9.50 Å². The largest absolute Gasteiger partial charge is 0.573 e. The normalized spacial score (nSPS) is 15.2. The first kappa shape index (κ1) is 20.6. The number of phenolic OH excluding ortho intramolecular Hbond substituents is 1. The Hall–Kier alpha value is -3.12. The SMILES string of the molecule is O=S1(=O)N=C(N(CCO)/N=C/c2ccc(O)c(OC(F)(F)F)c2)c2ccccc21. The third-order valence-corrected chi connectivity index (χ3v) is 5.05. The lowest BCUT2D eigenvalue weighted by Gasteiger charge is -2.17. The summed E-state index contributed by atoms with van der Waals surface area (Å²) in [6, 6.07) is 9.22. The molecule has 0 saturated heterocycles. The van der Waals surface area contributed by atoms with Crippen LogP contribution in [-0.2, 0) is 10.0 Å². The molecule has 1 aliphatic heterocycles. The fourth-order valence-corrected chi connectivity index (χ4v) is 3.75. The second-order valence-corrected chi connectivity index (χ2v) is 7.32. The molecule has 1 heterocycles. The number of amidine groups is 1. The van der Waals surface area contributed by atoms with Crippen LogP contribution >= 0.6 is 0 Å². The van der Waals surface area contributed by atoms with Gasteiger partial charge in [0.15, 0.2) is 17.3 Å². The lowest BCUT2D eigenvalue weighted by Crippen LogP contribution is -2.28. The van der Waals surface area contributed by atoms with Gasteiger partial charge in [-0.1, -0.05) is 12.1 Å². The predicted octanol–water partition coefficient (Wildman–Crippen LogP) is 2.07. The van der Waals surface area contributed by atoms with E-state index in [9.17, 15) is 31.8 Å². The van der Waals surface area contributed by atoms with Gasteiger partial charge in [0.2, 0.25) is 0 Å². The molecule has 0 saturated carbocycles. The molecule has 2 aromatic rings. The molecular weight excluding hydrogens is 415 g/mol. The first-order chi connectivity index (χ1) is 13.6. The number of hydrazone groups is 1. The minimum Gasteiger partial charge on any atom is -0.504 e. The van der Waals surface area contributed by atoms with Crippen molar-refractivity contribution in [2.75, 3.05) is 13.2 Å². The van der Waals surface area contributed by atoms with Crippen LogP contribution in [0.3, 0.4) is 0 Å². The number of ether oxygens (including phenoxy) is 1. The van der Waals surface area contributed by atoms with E-state index >= 15 is 0 Å². The number of aliphatic hydroxyl groups excluding tert-OH is 1. The van der Waals surface area contributed by atoms with E-state index < -0.39 is 34.5 Å². The second kappa shape index (κ2) is 7.72.